The van der Waals surface area contributed by atoms with Crippen molar-refractivity contribution in [1.82, 2.24) is 31.3 Å². The average molecular weight is 469 g/mol. The van der Waals surface area contributed by atoms with E-state index in [1.54, 1.807) is 36.4 Å². The Bertz CT molecular complexity index is 1050. The summed E-state index contributed by atoms with van der Waals surface area (Å²) in [4.78, 5) is 24.4. The number of amides is 2. The van der Waals surface area contributed by atoms with Gasteiger partial charge in [0.2, 0.25) is 0 Å². The first-order chi connectivity index (χ1) is 16.1. The molecule has 3 N–H and O–H groups in total. The van der Waals surface area contributed by atoms with E-state index in [-0.39, 0.29) is 17.9 Å². The van der Waals surface area contributed by atoms with Gasteiger partial charge in [0.15, 0.2) is 5.82 Å². The molecule has 0 radical (unpaired) electrons. The predicted molar refractivity (Wildman–Crippen MR) is 122 cm³/mol. The Morgan fingerprint density at radius 3 is 2.03 bits per heavy atom. The lowest BCUT2D eigenvalue weighted by atomic mass is 9.87. The van der Waals surface area contributed by atoms with Crippen molar-refractivity contribution in [3.05, 3.63) is 70.5 Å². The van der Waals surface area contributed by atoms with E-state index in [0.717, 1.165) is 37.3 Å². The normalized spacial score (nSPS) is 17.8. The summed E-state index contributed by atoms with van der Waals surface area (Å²) >= 11 is 5.82. The second kappa shape index (κ2) is 10.9. The van der Waals surface area contributed by atoms with Crippen LogP contribution in [0, 0.1) is 0 Å². The molecule has 1 fully saturated rings. The van der Waals surface area contributed by atoms with Crippen LogP contribution in [0.25, 0.3) is 0 Å². The maximum atomic E-state index is 12.3. The van der Waals surface area contributed by atoms with Gasteiger partial charge in [-0.15, -0.1) is 5.10 Å². The summed E-state index contributed by atoms with van der Waals surface area (Å²) in [5.74, 6) is 1.51. The molecular formula is C23H25ClN6O3. The van der Waals surface area contributed by atoms with Crippen molar-refractivity contribution in [1.29, 1.82) is 0 Å². The van der Waals surface area contributed by atoms with Crippen LogP contribution in [0.3, 0.4) is 0 Å². The van der Waals surface area contributed by atoms with E-state index in [1.807, 2.05) is 12.1 Å². The second-order valence-electron chi connectivity index (χ2n) is 7.92. The predicted octanol–water partition coefficient (Wildman–Crippen LogP) is 3.12. The van der Waals surface area contributed by atoms with Crippen molar-refractivity contribution >= 4 is 23.4 Å². The minimum atomic E-state index is -0.214. The van der Waals surface area contributed by atoms with Crippen LogP contribution in [-0.2, 0) is 0 Å². The Kier molecular flexibility index (Phi) is 7.51. The van der Waals surface area contributed by atoms with E-state index in [0.29, 0.717) is 35.2 Å². The van der Waals surface area contributed by atoms with E-state index >= 15 is 0 Å². The zero-order chi connectivity index (χ0) is 23.0. The van der Waals surface area contributed by atoms with Gasteiger partial charge in [0.1, 0.15) is 5.75 Å². The zero-order valence-corrected chi connectivity index (χ0v) is 18.7. The largest absolute Gasteiger partial charge is 0.490 e. The molecule has 0 aliphatic heterocycles. The zero-order valence-electron chi connectivity index (χ0n) is 18.0. The van der Waals surface area contributed by atoms with Crippen LogP contribution in [-0.4, -0.2) is 51.6 Å². The van der Waals surface area contributed by atoms with Gasteiger partial charge in [-0.2, -0.15) is 0 Å². The van der Waals surface area contributed by atoms with Gasteiger partial charge < -0.3 is 15.4 Å². The number of hydrogen-bond acceptors (Lipinski definition) is 6. The molecule has 0 bridgehead atoms. The lowest BCUT2D eigenvalue weighted by Gasteiger charge is -2.27. The van der Waals surface area contributed by atoms with Gasteiger partial charge in [0, 0.05) is 35.2 Å². The smallest absolute Gasteiger partial charge is 0.251 e. The molecule has 1 aliphatic rings. The van der Waals surface area contributed by atoms with Gasteiger partial charge >= 0.3 is 0 Å². The van der Waals surface area contributed by atoms with Crippen LogP contribution in [0.1, 0.15) is 58.1 Å². The lowest BCUT2D eigenvalue weighted by molar-refractivity contribution is 0.0927. The highest BCUT2D eigenvalue weighted by Crippen LogP contribution is 2.32. The highest BCUT2D eigenvalue weighted by atomic mass is 35.5. The van der Waals surface area contributed by atoms with E-state index in [1.165, 1.54) is 0 Å². The van der Waals surface area contributed by atoms with Gasteiger partial charge in [0.25, 0.3) is 11.8 Å². The van der Waals surface area contributed by atoms with Gasteiger partial charge in [-0.05, 0) is 84.6 Å². The van der Waals surface area contributed by atoms with Gasteiger partial charge in [-0.1, -0.05) is 11.6 Å². The monoisotopic (exact) mass is 468 g/mol. The van der Waals surface area contributed by atoms with Crippen LogP contribution in [0.2, 0.25) is 5.02 Å². The highest BCUT2D eigenvalue weighted by molar-refractivity contribution is 6.30. The lowest BCUT2D eigenvalue weighted by Crippen LogP contribution is -2.34. The number of H-pyrrole nitrogens is 1. The maximum Gasteiger partial charge on any atom is 0.251 e. The molecular weight excluding hydrogens is 444 g/mol. The molecule has 0 spiro atoms. The number of halogens is 1. The summed E-state index contributed by atoms with van der Waals surface area (Å²) in [5.41, 5.74) is 1.05. The van der Waals surface area contributed by atoms with E-state index in [4.69, 9.17) is 16.3 Å². The number of hydrogen-bond donors (Lipinski definition) is 3. The first kappa shape index (κ1) is 22.7. The molecule has 33 heavy (non-hydrogen) atoms. The standard InChI is InChI=1S/C23H25ClN6O3/c24-18-7-1-16(2-8-18)22(31)25-13-14-26-23(32)17-5-11-20(12-6-17)33-19-9-3-15(4-10-19)21-27-29-30-28-21/h1-2,5-8,11-12,15,19H,3-4,9-10,13-14H2,(H,25,31)(H,26,32)(H,27,28,29,30)/t15-,19+. The molecule has 4 rings (SSSR count). The van der Waals surface area contributed by atoms with Crippen LogP contribution < -0.4 is 15.4 Å². The molecule has 2 amide bonds. The van der Waals surface area contributed by atoms with Crippen molar-refractivity contribution in [3.63, 3.8) is 0 Å². The third-order valence-electron chi connectivity index (χ3n) is 5.64. The van der Waals surface area contributed by atoms with Crippen LogP contribution in [0.5, 0.6) is 5.75 Å². The number of carbonyl (C=O) groups excluding carboxylic acids is 2. The number of nitrogens with zero attached hydrogens (tertiary/aromatic N) is 3. The molecule has 2 aromatic carbocycles. The molecule has 1 aliphatic carbocycles. The molecule has 3 aromatic rings. The second-order valence-corrected chi connectivity index (χ2v) is 8.36. The molecule has 9 nitrogen and oxygen atoms in total. The third-order valence-corrected chi connectivity index (χ3v) is 5.90. The van der Waals surface area contributed by atoms with Gasteiger partial charge in [-0.3, -0.25) is 9.59 Å². The number of nitrogens with one attached hydrogen (secondary N) is 3. The van der Waals surface area contributed by atoms with Crippen molar-refractivity contribution < 1.29 is 14.3 Å². The molecule has 0 unspecified atom stereocenters. The summed E-state index contributed by atoms with van der Waals surface area (Å²) in [6, 6.07) is 13.7. The number of rotatable bonds is 8. The number of aromatic amines is 1. The van der Waals surface area contributed by atoms with Gasteiger partial charge in [-0.25, -0.2) is 5.10 Å². The maximum absolute atomic E-state index is 12.3. The summed E-state index contributed by atoms with van der Waals surface area (Å²) in [5, 5.41) is 20.3. The number of carbonyl (C=O) groups is 2. The molecule has 1 saturated carbocycles. The van der Waals surface area contributed by atoms with E-state index in [9.17, 15) is 9.59 Å². The topological polar surface area (TPSA) is 122 Å². The Labute approximate surface area is 196 Å². The fraction of sp³-hybridized carbons (Fsp3) is 0.348. The fourth-order valence-corrected chi connectivity index (χ4v) is 3.95. The first-order valence-electron chi connectivity index (χ1n) is 10.9. The molecule has 10 heteroatoms. The number of benzene rings is 2. The summed E-state index contributed by atoms with van der Waals surface area (Å²) in [7, 11) is 0. The van der Waals surface area contributed by atoms with E-state index in [2.05, 4.69) is 31.3 Å². The fourth-order valence-electron chi connectivity index (χ4n) is 3.83. The van der Waals surface area contributed by atoms with Gasteiger partial charge in [0.05, 0.1) is 6.10 Å². The van der Waals surface area contributed by atoms with E-state index < -0.39 is 0 Å². The molecule has 172 valence electrons. The molecule has 1 heterocycles. The average Bonchev–Trinajstić information content (AvgIpc) is 3.38. The molecule has 1 aromatic heterocycles. The Hall–Kier alpha value is -3.46. The van der Waals surface area contributed by atoms with Crippen molar-refractivity contribution in [2.24, 2.45) is 0 Å². The third kappa shape index (κ3) is 6.29. The highest BCUT2D eigenvalue weighted by Gasteiger charge is 2.25. The summed E-state index contributed by atoms with van der Waals surface area (Å²) < 4.78 is 6.08. The molecule has 0 atom stereocenters. The first-order valence-corrected chi connectivity index (χ1v) is 11.3. The minimum absolute atomic E-state index is 0.140. The molecule has 0 saturated heterocycles. The van der Waals surface area contributed by atoms with Crippen molar-refractivity contribution in [3.8, 4) is 5.75 Å². The van der Waals surface area contributed by atoms with Crippen LogP contribution in [0.4, 0.5) is 0 Å². The summed E-state index contributed by atoms with van der Waals surface area (Å²) in [6.07, 6.45) is 3.93. The summed E-state index contributed by atoms with van der Waals surface area (Å²) in [6.45, 7) is 0.640. The number of ether oxygens (including phenoxy) is 1. The Balaban J connectivity index is 1.17. The van der Waals surface area contributed by atoms with Crippen LogP contribution in [0.15, 0.2) is 48.5 Å². The van der Waals surface area contributed by atoms with Crippen molar-refractivity contribution in [2.45, 2.75) is 37.7 Å². The number of aromatic nitrogens is 4. The van der Waals surface area contributed by atoms with Crippen LogP contribution >= 0.6 is 11.6 Å². The quantitative estimate of drug-likeness (QED) is 0.436. The Morgan fingerprint density at radius 1 is 0.909 bits per heavy atom. The number of tetrazole rings is 1. The van der Waals surface area contributed by atoms with Crippen molar-refractivity contribution in [2.75, 3.05) is 13.1 Å². The SMILES string of the molecule is O=C(NCCNC(=O)c1ccc(O[C@H]2CC[C@@H](c3nnn[nH]3)CC2)cc1)c1ccc(Cl)cc1. The Morgan fingerprint density at radius 2 is 1.48 bits per heavy atom. The minimum Gasteiger partial charge on any atom is -0.490 e.